The minimum Gasteiger partial charge on any atom is -0.497 e. The summed E-state index contributed by atoms with van der Waals surface area (Å²) in [5.74, 6) is -0.474. The topological polar surface area (TPSA) is 77.8 Å². The highest BCUT2D eigenvalue weighted by Gasteiger charge is 2.34. The van der Waals surface area contributed by atoms with E-state index in [4.69, 9.17) is 4.74 Å². The number of aromatic nitrogens is 1. The van der Waals surface area contributed by atoms with Gasteiger partial charge in [-0.25, -0.2) is 8.78 Å². The van der Waals surface area contributed by atoms with Crippen LogP contribution in [-0.2, 0) is 0 Å². The lowest BCUT2D eigenvalue weighted by atomic mass is 9.74. The van der Waals surface area contributed by atoms with Crippen LogP contribution in [0.3, 0.4) is 0 Å². The Morgan fingerprint density at radius 2 is 1.86 bits per heavy atom. The van der Waals surface area contributed by atoms with Crippen molar-refractivity contribution < 1.29 is 23.7 Å². The van der Waals surface area contributed by atoms with Gasteiger partial charge in [0.1, 0.15) is 17.4 Å². The number of nitrogens with zero attached hydrogens (tertiary/aromatic N) is 2. The molecule has 0 aliphatic carbocycles. The van der Waals surface area contributed by atoms with Gasteiger partial charge in [-0.1, -0.05) is 0 Å². The Morgan fingerprint density at radius 3 is 2.53 bits per heavy atom. The van der Waals surface area contributed by atoms with Crippen LogP contribution in [0.25, 0.3) is 10.9 Å². The standard InChI is InChI=1S/C28H35F2N3O3/c1-19-17-32-25-4-3-23(36-2)16-24(25)27(19)26(35)5-6-28(18-34)7-10-33(11-8-28)12-9-31-22-14-20(29)13-21(30)15-22/h3-4,13-17,26,31,34-35H,5-12,18H2,1-2H3/t26-/m0/s1. The van der Waals surface area contributed by atoms with Crippen LogP contribution in [0, 0.1) is 24.0 Å². The summed E-state index contributed by atoms with van der Waals surface area (Å²) >= 11 is 0. The van der Waals surface area contributed by atoms with Crippen LogP contribution in [0.2, 0.25) is 0 Å². The quantitative estimate of drug-likeness (QED) is 0.371. The molecule has 8 heteroatoms. The number of piperidine rings is 1. The van der Waals surface area contributed by atoms with Gasteiger partial charge < -0.3 is 25.2 Å². The molecule has 2 heterocycles. The van der Waals surface area contributed by atoms with Crippen LogP contribution in [-0.4, -0.2) is 60.0 Å². The highest BCUT2D eigenvalue weighted by Crippen LogP contribution is 2.39. The third-order valence-electron chi connectivity index (χ3n) is 7.47. The fourth-order valence-electron chi connectivity index (χ4n) is 5.20. The van der Waals surface area contributed by atoms with Crippen molar-refractivity contribution in [1.29, 1.82) is 0 Å². The largest absolute Gasteiger partial charge is 0.497 e. The molecule has 0 spiro atoms. The van der Waals surface area contributed by atoms with Crippen LogP contribution in [0.5, 0.6) is 5.75 Å². The maximum atomic E-state index is 13.4. The molecule has 3 aromatic rings. The average molecular weight is 500 g/mol. The molecule has 1 aliphatic rings. The first-order valence-corrected chi connectivity index (χ1v) is 12.5. The molecule has 6 nitrogen and oxygen atoms in total. The number of ether oxygens (including phenoxy) is 1. The molecule has 36 heavy (non-hydrogen) atoms. The van der Waals surface area contributed by atoms with Crippen LogP contribution >= 0.6 is 0 Å². The van der Waals surface area contributed by atoms with Crippen molar-refractivity contribution in [2.24, 2.45) is 5.41 Å². The normalized spacial score (nSPS) is 16.7. The monoisotopic (exact) mass is 499 g/mol. The number of anilines is 1. The third kappa shape index (κ3) is 6.11. The van der Waals surface area contributed by atoms with Crippen LogP contribution in [0.1, 0.15) is 42.9 Å². The molecule has 1 aromatic heterocycles. The minimum atomic E-state index is -0.667. The number of pyridine rings is 1. The van der Waals surface area contributed by atoms with Gasteiger partial charge in [0.05, 0.1) is 18.7 Å². The number of methoxy groups -OCH3 is 1. The zero-order valence-electron chi connectivity index (χ0n) is 20.9. The van der Waals surface area contributed by atoms with Crippen molar-refractivity contribution in [2.75, 3.05) is 45.2 Å². The number of nitrogens with one attached hydrogen (secondary N) is 1. The molecule has 1 atom stereocenters. The summed E-state index contributed by atoms with van der Waals surface area (Å²) in [6.07, 6.45) is 4.04. The fraction of sp³-hybridized carbons (Fsp3) is 0.464. The van der Waals surface area contributed by atoms with Gasteiger partial charge in [0.2, 0.25) is 0 Å². The molecule has 4 rings (SSSR count). The van der Waals surface area contributed by atoms with E-state index in [1.807, 2.05) is 25.1 Å². The van der Waals surface area contributed by atoms with Gasteiger partial charge in [-0.2, -0.15) is 0 Å². The molecule has 0 amide bonds. The van der Waals surface area contributed by atoms with E-state index in [0.717, 1.165) is 66.3 Å². The zero-order chi connectivity index (χ0) is 25.7. The SMILES string of the molecule is COc1ccc2ncc(C)c([C@@H](O)CCC3(CO)CCN(CCNc4cc(F)cc(F)c4)CC3)c2c1. The summed E-state index contributed by atoms with van der Waals surface area (Å²) < 4.78 is 32.1. The van der Waals surface area contributed by atoms with Crippen molar-refractivity contribution in [2.45, 2.75) is 38.7 Å². The van der Waals surface area contributed by atoms with Gasteiger partial charge in [0.15, 0.2) is 0 Å². The van der Waals surface area contributed by atoms with Gasteiger partial charge in [0, 0.05) is 43.0 Å². The molecule has 0 unspecified atom stereocenters. The summed E-state index contributed by atoms with van der Waals surface area (Å²) in [5.41, 5.74) is 2.81. The van der Waals surface area contributed by atoms with Gasteiger partial charge in [-0.3, -0.25) is 4.98 Å². The maximum absolute atomic E-state index is 13.4. The molecule has 0 saturated carbocycles. The van der Waals surface area contributed by atoms with Crippen LogP contribution in [0.15, 0.2) is 42.6 Å². The number of halogens is 2. The Kier molecular flexibility index (Phi) is 8.39. The second-order valence-electron chi connectivity index (χ2n) is 9.88. The number of benzene rings is 2. The first-order valence-electron chi connectivity index (χ1n) is 12.5. The Balaban J connectivity index is 1.33. The number of hydrogen-bond donors (Lipinski definition) is 3. The van der Waals surface area contributed by atoms with Crippen molar-refractivity contribution in [1.82, 2.24) is 9.88 Å². The maximum Gasteiger partial charge on any atom is 0.128 e. The van der Waals surface area contributed by atoms with Gasteiger partial charge in [-0.05, 0) is 92.6 Å². The van der Waals surface area contributed by atoms with Gasteiger partial charge in [0.25, 0.3) is 0 Å². The second kappa shape index (κ2) is 11.5. The number of likely N-dealkylation sites (tertiary alicyclic amines) is 1. The van der Waals surface area contributed by atoms with E-state index < -0.39 is 17.7 Å². The molecule has 0 bridgehead atoms. The number of aliphatic hydroxyl groups is 2. The van der Waals surface area contributed by atoms with E-state index in [-0.39, 0.29) is 12.0 Å². The van der Waals surface area contributed by atoms with Gasteiger partial charge >= 0.3 is 0 Å². The third-order valence-corrected chi connectivity index (χ3v) is 7.47. The minimum absolute atomic E-state index is 0.0816. The molecule has 0 radical (unpaired) electrons. The first kappa shape index (κ1) is 26.3. The summed E-state index contributed by atoms with van der Waals surface area (Å²) in [6, 6.07) is 9.10. The highest BCUT2D eigenvalue weighted by atomic mass is 19.1. The van der Waals surface area contributed by atoms with Crippen molar-refractivity contribution in [3.63, 3.8) is 0 Å². The van der Waals surface area contributed by atoms with E-state index in [0.29, 0.717) is 25.1 Å². The second-order valence-corrected chi connectivity index (χ2v) is 9.88. The van der Waals surface area contributed by atoms with Crippen molar-refractivity contribution >= 4 is 16.6 Å². The lowest BCUT2D eigenvalue weighted by molar-refractivity contribution is 0.0247. The van der Waals surface area contributed by atoms with Crippen LogP contribution < -0.4 is 10.1 Å². The number of rotatable bonds is 10. The summed E-state index contributed by atoms with van der Waals surface area (Å²) in [6.45, 7) is 5.00. The van der Waals surface area contributed by atoms with Crippen molar-refractivity contribution in [3.8, 4) is 5.75 Å². The number of fused-ring (bicyclic) bond motifs is 1. The predicted octanol–water partition coefficient (Wildman–Crippen LogP) is 4.83. The van der Waals surface area contributed by atoms with E-state index in [1.54, 1.807) is 13.3 Å². The molecule has 1 aliphatic heterocycles. The highest BCUT2D eigenvalue weighted by molar-refractivity contribution is 5.84. The molecule has 3 N–H and O–H groups in total. The lowest BCUT2D eigenvalue weighted by Crippen LogP contribution is -2.43. The first-order chi connectivity index (χ1) is 17.3. The number of hydrogen-bond acceptors (Lipinski definition) is 6. The Labute approximate surface area is 210 Å². The summed E-state index contributed by atoms with van der Waals surface area (Å²) in [4.78, 5) is 6.78. The molecular formula is C28H35F2N3O3. The van der Waals surface area contributed by atoms with E-state index in [2.05, 4.69) is 15.2 Å². The van der Waals surface area contributed by atoms with E-state index in [9.17, 15) is 19.0 Å². The molecule has 1 fully saturated rings. The molecule has 194 valence electrons. The summed E-state index contributed by atoms with van der Waals surface area (Å²) in [7, 11) is 1.62. The molecule has 2 aromatic carbocycles. The van der Waals surface area contributed by atoms with E-state index in [1.165, 1.54) is 12.1 Å². The molecule has 1 saturated heterocycles. The van der Waals surface area contributed by atoms with Crippen molar-refractivity contribution in [3.05, 3.63) is 65.4 Å². The van der Waals surface area contributed by atoms with Crippen LogP contribution in [0.4, 0.5) is 14.5 Å². The number of aryl methyl sites for hydroxylation is 1. The lowest BCUT2D eigenvalue weighted by Gasteiger charge is -2.41. The van der Waals surface area contributed by atoms with Gasteiger partial charge in [-0.15, -0.1) is 0 Å². The smallest absolute Gasteiger partial charge is 0.128 e. The average Bonchev–Trinajstić information content (AvgIpc) is 2.87. The zero-order valence-corrected chi connectivity index (χ0v) is 20.9. The Morgan fingerprint density at radius 1 is 1.14 bits per heavy atom. The Hall–Kier alpha value is -2.81. The number of aliphatic hydroxyl groups excluding tert-OH is 2. The Bertz CT molecular complexity index is 1160. The molecular weight excluding hydrogens is 464 g/mol. The fourth-order valence-corrected chi connectivity index (χ4v) is 5.20. The predicted molar refractivity (Wildman–Crippen MR) is 137 cm³/mol. The summed E-state index contributed by atoms with van der Waals surface area (Å²) in [5, 5.41) is 25.4. The van der Waals surface area contributed by atoms with E-state index >= 15 is 0 Å².